The average Bonchev–Trinajstić information content (AvgIpc) is 3.28. The van der Waals surface area contributed by atoms with Crippen molar-refractivity contribution in [3.63, 3.8) is 0 Å². The van der Waals surface area contributed by atoms with E-state index < -0.39 is 0 Å². The lowest BCUT2D eigenvalue weighted by atomic mass is 10.1. The van der Waals surface area contributed by atoms with Gasteiger partial charge in [0.15, 0.2) is 5.96 Å². The zero-order valence-corrected chi connectivity index (χ0v) is 18.6. The van der Waals surface area contributed by atoms with Gasteiger partial charge < -0.3 is 19.7 Å². The SMILES string of the molecule is CCNC(=NCc1cccnc1OCc1ccccc1)N1CCOC(c2cnn(C)c2)C1. The van der Waals surface area contributed by atoms with Crippen LogP contribution in [0, 0.1) is 0 Å². The van der Waals surface area contributed by atoms with E-state index in [0.29, 0.717) is 25.6 Å². The molecule has 0 aliphatic carbocycles. The van der Waals surface area contributed by atoms with Crippen LogP contribution in [0.15, 0.2) is 66.0 Å². The molecule has 0 saturated carbocycles. The van der Waals surface area contributed by atoms with Gasteiger partial charge in [0.1, 0.15) is 12.7 Å². The molecule has 3 heterocycles. The predicted molar refractivity (Wildman–Crippen MR) is 123 cm³/mol. The number of aryl methyl sites for hydroxylation is 1. The van der Waals surface area contributed by atoms with Crippen LogP contribution in [0.5, 0.6) is 5.88 Å². The van der Waals surface area contributed by atoms with Gasteiger partial charge in [0.05, 0.1) is 25.9 Å². The quantitative estimate of drug-likeness (QED) is 0.455. The first-order valence-corrected chi connectivity index (χ1v) is 11.0. The van der Waals surface area contributed by atoms with Gasteiger partial charge in [0.25, 0.3) is 0 Å². The van der Waals surface area contributed by atoms with Crippen molar-refractivity contribution in [3.05, 3.63) is 77.7 Å². The Balaban J connectivity index is 1.45. The molecule has 2 aromatic heterocycles. The van der Waals surface area contributed by atoms with Crippen LogP contribution in [0.4, 0.5) is 0 Å². The second-order valence-corrected chi connectivity index (χ2v) is 7.66. The van der Waals surface area contributed by atoms with Gasteiger partial charge in [-0.25, -0.2) is 9.98 Å². The summed E-state index contributed by atoms with van der Waals surface area (Å²) in [6.07, 6.45) is 5.60. The van der Waals surface area contributed by atoms with Gasteiger partial charge in [-0.15, -0.1) is 0 Å². The van der Waals surface area contributed by atoms with Crippen LogP contribution in [-0.2, 0) is 24.9 Å². The molecule has 0 bridgehead atoms. The molecule has 0 spiro atoms. The molecule has 8 nitrogen and oxygen atoms in total. The molecule has 1 fully saturated rings. The van der Waals surface area contributed by atoms with E-state index in [1.165, 1.54) is 0 Å². The van der Waals surface area contributed by atoms with Gasteiger partial charge in [0.2, 0.25) is 5.88 Å². The molecule has 1 aromatic carbocycles. The predicted octanol–water partition coefficient (Wildman–Crippen LogP) is 2.93. The van der Waals surface area contributed by atoms with Crippen LogP contribution in [0.2, 0.25) is 0 Å². The number of nitrogens with one attached hydrogen (secondary N) is 1. The molecule has 1 N–H and O–H groups in total. The van der Waals surface area contributed by atoms with Gasteiger partial charge in [-0.2, -0.15) is 5.10 Å². The second kappa shape index (κ2) is 10.8. The third-order valence-corrected chi connectivity index (χ3v) is 5.27. The van der Waals surface area contributed by atoms with Crippen LogP contribution in [0.3, 0.4) is 0 Å². The Labute approximate surface area is 188 Å². The van der Waals surface area contributed by atoms with Crippen molar-refractivity contribution < 1.29 is 9.47 Å². The first kappa shape index (κ1) is 21.8. The maximum Gasteiger partial charge on any atom is 0.218 e. The smallest absolute Gasteiger partial charge is 0.218 e. The maximum atomic E-state index is 5.99. The van der Waals surface area contributed by atoms with Gasteiger partial charge in [-0.1, -0.05) is 36.4 Å². The Morgan fingerprint density at radius 2 is 2.12 bits per heavy atom. The molecule has 4 rings (SSSR count). The molecule has 168 valence electrons. The lowest BCUT2D eigenvalue weighted by molar-refractivity contribution is -0.00805. The van der Waals surface area contributed by atoms with E-state index in [1.807, 2.05) is 61.9 Å². The first-order valence-electron chi connectivity index (χ1n) is 11.0. The second-order valence-electron chi connectivity index (χ2n) is 7.66. The number of ether oxygens (including phenoxy) is 2. The Kier molecular flexibility index (Phi) is 7.34. The topological polar surface area (TPSA) is 76.8 Å². The molecule has 1 aliphatic rings. The molecule has 1 atom stereocenters. The largest absolute Gasteiger partial charge is 0.473 e. The summed E-state index contributed by atoms with van der Waals surface area (Å²) in [5.41, 5.74) is 3.14. The molecule has 1 aliphatic heterocycles. The molecule has 1 unspecified atom stereocenters. The molecule has 3 aromatic rings. The van der Waals surface area contributed by atoms with Gasteiger partial charge in [0, 0.05) is 43.7 Å². The fraction of sp³-hybridized carbons (Fsp3) is 0.375. The summed E-state index contributed by atoms with van der Waals surface area (Å²) in [7, 11) is 1.92. The number of nitrogens with zero attached hydrogens (tertiary/aromatic N) is 5. The number of aliphatic imine (C=N–C) groups is 1. The van der Waals surface area contributed by atoms with E-state index in [-0.39, 0.29) is 6.10 Å². The number of benzene rings is 1. The third-order valence-electron chi connectivity index (χ3n) is 5.27. The van der Waals surface area contributed by atoms with E-state index in [4.69, 9.17) is 14.5 Å². The van der Waals surface area contributed by atoms with Crippen LogP contribution < -0.4 is 10.1 Å². The van der Waals surface area contributed by atoms with Crippen LogP contribution in [0.1, 0.15) is 29.7 Å². The van der Waals surface area contributed by atoms with Gasteiger partial charge >= 0.3 is 0 Å². The van der Waals surface area contributed by atoms with E-state index >= 15 is 0 Å². The standard InChI is InChI=1S/C24H30N6O2/c1-3-25-24(30-12-13-31-22(17-30)21-15-28-29(2)16-21)27-14-20-10-7-11-26-23(20)32-18-19-8-5-4-6-9-19/h4-11,15-16,22H,3,12-14,17-18H2,1-2H3,(H,25,27). The Bertz CT molecular complexity index is 1020. The van der Waals surface area contributed by atoms with Crippen molar-refractivity contribution in [2.75, 3.05) is 26.2 Å². The molecule has 8 heteroatoms. The number of hydrogen-bond donors (Lipinski definition) is 1. The zero-order valence-electron chi connectivity index (χ0n) is 18.6. The van der Waals surface area contributed by atoms with E-state index in [2.05, 4.69) is 27.2 Å². The number of morpholine rings is 1. The van der Waals surface area contributed by atoms with Crippen molar-refractivity contribution in [2.24, 2.45) is 12.0 Å². The summed E-state index contributed by atoms with van der Waals surface area (Å²) in [5, 5.41) is 7.69. The van der Waals surface area contributed by atoms with Crippen molar-refractivity contribution in [2.45, 2.75) is 26.2 Å². The highest BCUT2D eigenvalue weighted by atomic mass is 16.5. The van der Waals surface area contributed by atoms with Crippen molar-refractivity contribution >= 4 is 5.96 Å². The fourth-order valence-electron chi connectivity index (χ4n) is 3.64. The summed E-state index contributed by atoms with van der Waals surface area (Å²) >= 11 is 0. The first-order chi connectivity index (χ1) is 15.7. The number of rotatable bonds is 7. The minimum absolute atomic E-state index is 0.0236. The van der Waals surface area contributed by atoms with Crippen molar-refractivity contribution in [3.8, 4) is 5.88 Å². The van der Waals surface area contributed by atoms with E-state index in [1.54, 1.807) is 10.9 Å². The monoisotopic (exact) mass is 434 g/mol. The van der Waals surface area contributed by atoms with Crippen molar-refractivity contribution in [1.29, 1.82) is 0 Å². The maximum absolute atomic E-state index is 5.99. The molecular weight excluding hydrogens is 404 g/mol. The summed E-state index contributed by atoms with van der Waals surface area (Å²) in [5.74, 6) is 1.48. The minimum Gasteiger partial charge on any atom is -0.473 e. The number of pyridine rings is 1. The Morgan fingerprint density at radius 3 is 2.91 bits per heavy atom. The highest BCUT2D eigenvalue weighted by Crippen LogP contribution is 2.22. The van der Waals surface area contributed by atoms with Crippen LogP contribution in [0.25, 0.3) is 0 Å². The number of aromatic nitrogens is 3. The molecule has 1 saturated heterocycles. The minimum atomic E-state index is -0.0236. The number of guanidine groups is 1. The third kappa shape index (κ3) is 5.64. The van der Waals surface area contributed by atoms with E-state index in [9.17, 15) is 0 Å². The normalized spacial score (nSPS) is 16.8. The molecular formula is C24H30N6O2. The summed E-state index contributed by atoms with van der Waals surface area (Å²) in [6.45, 7) is 5.97. The summed E-state index contributed by atoms with van der Waals surface area (Å²) in [4.78, 5) is 11.6. The summed E-state index contributed by atoms with van der Waals surface area (Å²) < 4.78 is 13.8. The molecule has 32 heavy (non-hydrogen) atoms. The lowest BCUT2D eigenvalue weighted by Crippen LogP contribution is -2.48. The highest BCUT2D eigenvalue weighted by molar-refractivity contribution is 5.80. The van der Waals surface area contributed by atoms with Crippen LogP contribution >= 0.6 is 0 Å². The molecule has 0 radical (unpaired) electrons. The lowest BCUT2D eigenvalue weighted by Gasteiger charge is -2.34. The van der Waals surface area contributed by atoms with Gasteiger partial charge in [-0.3, -0.25) is 4.68 Å². The van der Waals surface area contributed by atoms with Gasteiger partial charge in [-0.05, 0) is 18.6 Å². The van der Waals surface area contributed by atoms with Crippen LogP contribution in [-0.4, -0.2) is 51.9 Å². The Morgan fingerprint density at radius 1 is 1.25 bits per heavy atom. The zero-order chi connectivity index (χ0) is 22.2. The fourth-order valence-corrected chi connectivity index (χ4v) is 3.64. The van der Waals surface area contributed by atoms with Crippen molar-refractivity contribution in [1.82, 2.24) is 25.0 Å². The molecule has 0 amide bonds. The highest BCUT2D eigenvalue weighted by Gasteiger charge is 2.25. The van der Waals surface area contributed by atoms with E-state index in [0.717, 1.165) is 42.3 Å². The number of hydrogen-bond acceptors (Lipinski definition) is 5. The average molecular weight is 435 g/mol. The summed E-state index contributed by atoms with van der Waals surface area (Å²) in [6, 6.07) is 14.0. The Hall–Kier alpha value is -3.39.